The van der Waals surface area contributed by atoms with Gasteiger partial charge in [-0.15, -0.1) is 0 Å². The summed E-state index contributed by atoms with van der Waals surface area (Å²) < 4.78 is 16.3. The molecular formula is C14H31N3O3Si. The molecule has 1 heterocycles. The van der Waals surface area contributed by atoms with Crippen molar-refractivity contribution in [2.45, 2.75) is 31.7 Å². The Kier molecular flexibility index (Phi) is 8.94. The molecule has 0 aromatic carbocycles. The van der Waals surface area contributed by atoms with Gasteiger partial charge in [-0.25, -0.2) is 0 Å². The third kappa shape index (κ3) is 5.96. The fourth-order valence-electron chi connectivity index (χ4n) is 2.57. The van der Waals surface area contributed by atoms with Crippen LogP contribution in [0.1, 0.15) is 25.7 Å². The van der Waals surface area contributed by atoms with Crippen molar-refractivity contribution < 1.29 is 13.3 Å². The number of nitrogens with one attached hydrogen (secondary N) is 3. The molecule has 0 aromatic rings. The number of piperidine rings is 1. The molecule has 1 saturated heterocycles. The van der Waals surface area contributed by atoms with Gasteiger partial charge in [-0.2, -0.15) is 0 Å². The lowest BCUT2D eigenvalue weighted by Gasteiger charge is -2.25. The molecule has 1 fully saturated rings. The van der Waals surface area contributed by atoms with Gasteiger partial charge < -0.3 is 29.2 Å². The Morgan fingerprint density at radius 2 is 1.90 bits per heavy atom. The van der Waals surface area contributed by atoms with E-state index in [2.05, 4.69) is 16.0 Å². The Balaban J connectivity index is 2.43. The van der Waals surface area contributed by atoms with E-state index in [0.717, 1.165) is 38.5 Å². The number of rotatable bonds is 10. The zero-order valence-corrected chi connectivity index (χ0v) is 14.9. The van der Waals surface area contributed by atoms with Gasteiger partial charge in [0.05, 0.1) is 0 Å². The van der Waals surface area contributed by atoms with Crippen LogP contribution < -0.4 is 16.0 Å². The predicted molar refractivity (Wildman–Crippen MR) is 87.0 cm³/mol. The summed E-state index contributed by atoms with van der Waals surface area (Å²) in [5, 5.41) is 10.3. The second-order valence-corrected chi connectivity index (χ2v) is 8.29. The molecule has 21 heavy (non-hydrogen) atoms. The van der Waals surface area contributed by atoms with Crippen LogP contribution in [0.5, 0.6) is 0 Å². The van der Waals surface area contributed by atoms with Crippen LogP contribution in [0.3, 0.4) is 0 Å². The fourth-order valence-corrected chi connectivity index (χ4v) is 4.29. The highest BCUT2D eigenvalue weighted by atomic mass is 28.4. The Labute approximate surface area is 130 Å². The quantitative estimate of drug-likeness (QED) is 0.413. The molecule has 0 aromatic heterocycles. The minimum Gasteiger partial charge on any atom is -0.387 e. The van der Waals surface area contributed by atoms with E-state index in [0.29, 0.717) is 0 Å². The number of hydrogen-bond donors (Lipinski definition) is 3. The zero-order chi connectivity index (χ0) is 15.6. The standard InChI is InChI=1S/C14H31N3O3Si/c1-15-12-14(13-8-5-6-9-16-13)17-10-7-11-21(18-2,19-3)20-4/h15-17H,5-12H2,1-4H3. The summed E-state index contributed by atoms with van der Waals surface area (Å²) in [6, 6.07) is 0.819. The summed E-state index contributed by atoms with van der Waals surface area (Å²) in [6.07, 6.45) is 4.63. The van der Waals surface area contributed by atoms with E-state index in [1.807, 2.05) is 7.05 Å². The highest BCUT2D eigenvalue weighted by Crippen LogP contribution is 2.16. The molecule has 0 atom stereocenters. The topological polar surface area (TPSA) is 63.8 Å². The van der Waals surface area contributed by atoms with Crippen LogP contribution in [-0.4, -0.2) is 56.8 Å². The van der Waals surface area contributed by atoms with Crippen LogP contribution >= 0.6 is 0 Å². The smallest absolute Gasteiger partial charge is 0.387 e. The van der Waals surface area contributed by atoms with E-state index >= 15 is 0 Å². The first-order valence-electron chi connectivity index (χ1n) is 7.71. The monoisotopic (exact) mass is 317 g/mol. The van der Waals surface area contributed by atoms with E-state index in [-0.39, 0.29) is 0 Å². The fraction of sp³-hybridized carbons (Fsp3) is 0.857. The largest absolute Gasteiger partial charge is 0.500 e. The maximum absolute atomic E-state index is 5.44. The molecule has 0 amide bonds. The van der Waals surface area contributed by atoms with Gasteiger partial charge >= 0.3 is 8.80 Å². The van der Waals surface area contributed by atoms with Crippen molar-refractivity contribution in [3.8, 4) is 0 Å². The molecule has 0 aliphatic carbocycles. The maximum atomic E-state index is 5.44. The third-order valence-corrected chi connectivity index (χ3v) is 6.67. The first-order chi connectivity index (χ1) is 10.2. The average Bonchev–Trinajstić information content (AvgIpc) is 2.55. The van der Waals surface area contributed by atoms with Crippen LogP contribution in [-0.2, 0) is 13.3 Å². The second-order valence-electron chi connectivity index (χ2n) is 5.20. The summed E-state index contributed by atoms with van der Waals surface area (Å²) >= 11 is 0. The second kappa shape index (κ2) is 10.2. The third-order valence-electron chi connectivity index (χ3n) is 3.84. The van der Waals surface area contributed by atoms with Crippen LogP contribution in [0.15, 0.2) is 11.4 Å². The van der Waals surface area contributed by atoms with Crippen LogP contribution in [0, 0.1) is 0 Å². The van der Waals surface area contributed by atoms with Crippen LogP contribution in [0.25, 0.3) is 0 Å². The van der Waals surface area contributed by atoms with Gasteiger partial charge in [0.2, 0.25) is 0 Å². The van der Waals surface area contributed by atoms with Crippen molar-refractivity contribution in [3.63, 3.8) is 0 Å². The highest BCUT2D eigenvalue weighted by molar-refractivity contribution is 6.60. The van der Waals surface area contributed by atoms with Crippen molar-refractivity contribution >= 4 is 8.80 Å². The predicted octanol–water partition coefficient (Wildman–Crippen LogP) is 1.05. The van der Waals surface area contributed by atoms with Crippen LogP contribution in [0.4, 0.5) is 0 Å². The van der Waals surface area contributed by atoms with Crippen molar-refractivity contribution in [3.05, 3.63) is 11.4 Å². The lowest BCUT2D eigenvalue weighted by atomic mass is 10.1. The van der Waals surface area contributed by atoms with Crippen molar-refractivity contribution in [1.82, 2.24) is 16.0 Å². The summed E-state index contributed by atoms with van der Waals surface area (Å²) in [7, 11) is 4.52. The molecule has 1 aliphatic rings. The van der Waals surface area contributed by atoms with E-state index < -0.39 is 8.80 Å². The summed E-state index contributed by atoms with van der Waals surface area (Å²) in [5.74, 6) is 0. The lowest BCUT2D eigenvalue weighted by Crippen LogP contribution is -2.43. The molecule has 124 valence electrons. The number of allylic oxidation sites excluding steroid dienone is 1. The minimum absolute atomic E-state index is 0.819. The van der Waals surface area contributed by atoms with E-state index in [9.17, 15) is 0 Å². The van der Waals surface area contributed by atoms with E-state index in [1.165, 1.54) is 24.2 Å². The van der Waals surface area contributed by atoms with Gasteiger partial charge in [-0.05, 0) is 32.7 Å². The van der Waals surface area contributed by atoms with Gasteiger partial charge in [0.15, 0.2) is 0 Å². The molecule has 0 unspecified atom stereocenters. The van der Waals surface area contributed by atoms with Crippen molar-refractivity contribution in [2.24, 2.45) is 0 Å². The van der Waals surface area contributed by atoms with Crippen LogP contribution in [0.2, 0.25) is 6.04 Å². The van der Waals surface area contributed by atoms with E-state index in [4.69, 9.17) is 13.3 Å². The Morgan fingerprint density at radius 3 is 2.43 bits per heavy atom. The molecule has 0 saturated carbocycles. The SMILES string of the molecule is CNCC(NCCC[Si](OC)(OC)OC)=C1CCCCN1. The highest BCUT2D eigenvalue weighted by Gasteiger charge is 2.36. The Bertz CT molecular complexity index is 306. The first kappa shape index (κ1) is 18.4. The molecule has 1 rings (SSSR count). The Morgan fingerprint density at radius 1 is 1.19 bits per heavy atom. The molecular weight excluding hydrogens is 286 g/mol. The van der Waals surface area contributed by atoms with Gasteiger partial charge in [-0.3, -0.25) is 0 Å². The first-order valence-corrected chi connectivity index (χ1v) is 9.64. The zero-order valence-electron chi connectivity index (χ0n) is 13.9. The normalized spacial score (nSPS) is 18.3. The molecule has 1 aliphatic heterocycles. The average molecular weight is 318 g/mol. The summed E-state index contributed by atoms with van der Waals surface area (Å²) in [4.78, 5) is 0. The Hall–Kier alpha value is -0.603. The molecule has 7 heteroatoms. The van der Waals surface area contributed by atoms with Gasteiger partial charge in [-0.1, -0.05) is 0 Å². The van der Waals surface area contributed by atoms with Gasteiger partial charge in [0.1, 0.15) is 0 Å². The molecule has 0 bridgehead atoms. The van der Waals surface area contributed by atoms with Crippen molar-refractivity contribution in [2.75, 3.05) is 48.0 Å². The molecule has 3 N–H and O–H groups in total. The molecule has 0 radical (unpaired) electrons. The lowest BCUT2D eigenvalue weighted by molar-refractivity contribution is 0.123. The minimum atomic E-state index is -2.43. The van der Waals surface area contributed by atoms with E-state index in [1.54, 1.807) is 21.3 Å². The molecule has 0 spiro atoms. The maximum Gasteiger partial charge on any atom is 0.500 e. The number of hydrogen-bond acceptors (Lipinski definition) is 6. The number of likely N-dealkylation sites (N-methyl/N-ethyl adjacent to an activating group) is 1. The van der Waals surface area contributed by atoms with Crippen molar-refractivity contribution in [1.29, 1.82) is 0 Å². The van der Waals surface area contributed by atoms with Gasteiger partial charge in [0.25, 0.3) is 0 Å². The summed E-state index contributed by atoms with van der Waals surface area (Å²) in [6.45, 7) is 2.84. The van der Waals surface area contributed by atoms with Gasteiger partial charge in [0, 0.05) is 58.4 Å². The molecule has 6 nitrogen and oxygen atoms in total. The summed E-state index contributed by atoms with van der Waals surface area (Å²) in [5.41, 5.74) is 2.63.